The molecule has 0 spiro atoms. The van der Waals surface area contributed by atoms with Gasteiger partial charge < -0.3 is 25.1 Å². The number of carbonyl (C=O) groups is 3. The minimum atomic E-state index is -2.18. The first-order valence-corrected chi connectivity index (χ1v) is 5.96. The number of nitrogens with one attached hydrogen (secondary N) is 1. The average molecular weight is 277 g/mol. The van der Waals surface area contributed by atoms with E-state index < -0.39 is 23.9 Å². The zero-order valence-corrected chi connectivity index (χ0v) is 11.4. The van der Waals surface area contributed by atoms with Crippen molar-refractivity contribution in [2.75, 3.05) is 0 Å². The molecule has 1 aromatic carbocycles. The van der Waals surface area contributed by atoms with Gasteiger partial charge in [-0.3, -0.25) is 4.79 Å². The monoisotopic (exact) mass is 277 g/mol. The van der Waals surface area contributed by atoms with E-state index in [1.165, 1.54) is 12.1 Å². The van der Waals surface area contributed by atoms with E-state index in [0.29, 0.717) is 0 Å². The van der Waals surface area contributed by atoms with E-state index in [4.69, 9.17) is 0 Å². The summed E-state index contributed by atoms with van der Waals surface area (Å²) in [7, 11) is 0. The molecule has 1 aromatic rings. The van der Waals surface area contributed by atoms with E-state index in [-0.39, 0.29) is 11.0 Å². The minimum Gasteiger partial charge on any atom is -0.547 e. The second-order valence-corrected chi connectivity index (χ2v) is 5.37. The Morgan fingerprint density at radius 3 is 1.80 bits per heavy atom. The Labute approximate surface area is 116 Å². The van der Waals surface area contributed by atoms with E-state index in [1.54, 1.807) is 12.1 Å². The lowest BCUT2D eigenvalue weighted by molar-refractivity contribution is -0.326. The Morgan fingerprint density at radius 1 is 1.00 bits per heavy atom. The zero-order chi connectivity index (χ0) is 15.5. The predicted octanol–water partition coefficient (Wildman–Crippen LogP) is -1.42. The summed E-state index contributed by atoms with van der Waals surface area (Å²) in [5, 5.41) is 22.9. The van der Waals surface area contributed by atoms with Gasteiger partial charge in [0.05, 0.1) is 11.9 Å². The van der Waals surface area contributed by atoms with Crippen molar-refractivity contribution in [1.82, 2.24) is 5.32 Å². The number of aliphatic carboxylic acids is 2. The molecule has 1 amide bonds. The molecule has 108 valence electrons. The Kier molecular flexibility index (Phi) is 4.49. The molecule has 0 atom stereocenters. The number of carboxylic acid groups (broad SMARTS) is 2. The lowest BCUT2D eigenvalue weighted by Gasteiger charge is -2.21. The van der Waals surface area contributed by atoms with Gasteiger partial charge in [0.15, 0.2) is 0 Å². The second-order valence-electron chi connectivity index (χ2n) is 5.37. The summed E-state index contributed by atoms with van der Waals surface area (Å²) in [4.78, 5) is 32.8. The highest BCUT2D eigenvalue weighted by atomic mass is 16.4. The molecule has 0 saturated carbocycles. The SMILES string of the molecule is CC(C)(C)c1ccc(C(=O)NC(C(=O)[O-])C(=O)[O-])cc1. The summed E-state index contributed by atoms with van der Waals surface area (Å²) in [6, 6.07) is 4.27. The van der Waals surface area contributed by atoms with Crippen LogP contribution in [0.5, 0.6) is 0 Å². The minimum absolute atomic E-state index is 0.0898. The predicted molar refractivity (Wildman–Crippen MR) is 66.4 cm³/mol. The van der Waals surface area contributed by atoms with Crippen molar-refractivity contribution in [2.45, 2.75) is 32.2 Å². The Hall–Kier alpha value is -2.37. The standard InChI is InChI=1S/C14H17NO5/c1-14(2,3)9-6-4-8(5-7-9)11(16)15-10(12(17)18)13(19)20/h4-7,10H,1-3H3,(H,15,16)(H,17,18)(H,19,20)/p-2. The molecular formula is C14H15NO5-2. The van der Waals surface area contributed by atoms with E-state index in [2.05, 4.69) is 0 Å². The van der Waals surface area contributed by atoms with Gasteiger partial charge in [-0.1, -0.05) is 32.9 Å². The summed E-state index contributed by atoms with van der Waals surface area (Å²) in [5.74, 6) is -4.67. The van der Waals surface area contributed by atoms with E-state index >= 15 is 0 Å². The van der Waals surface area contributed by atoms with Crippen LogP contribution in [0.25, 0.3) is 0 Å². The molecule has 20 heavy (non-hydrogen) atoms. The van der Waals surface area contributed by atoms with Crippen molar-refractivity contribution in [2.24, 2.45) is 0 Å². The maximum atomic E-state index is 11.7. The number of rotatable bonds is 4. The highest BCUT2D eigenvalue weighted by molar-refractivity contribution is 6.03. The molecule has 0 unspecified atom stereocenters. The van der Waals surface area contributed by atoms with Gasteiger partial charge in [-0.2, -0.15) is 0 Å². The highest BCUT2D eigenvalue weighted by Gasteiger charge is 2.17. The maximum absolute atomic E-state index is 11.7. The van der Waals surface area contributed by atoms with E-state index in [1.807, 2.05) is 26.1 Å². The number of amides is 1. The van der Waals surface area contributed by atoms with Crippen LogP contribution in [0.4, 0.5) is 0 Å². The summed E-state index contributed by atoms with van der Waals surface area (Å²) in [6.07, 6.45) is 0. The second kappa shape index (κ2) is 5.73. The number of carbonyl (C=O) groups excluding carboxylic acids is 3. The molecule has 0 saturated heterocycles. The molecule has 0 fully saturated rings. The van der Waals surface area contributed by atoms with Crippen LogP contribution in [0, 0.1) is 0 Å². The maximum Gasteiger partial charge on any atom is 0.252 e. The fourth-order valence-corrected chi connectivity index (χ4v) is 1.55. The molecule has 0 radical (unpaired) electrons. The molecule has 0 heterocycles. The van der Waals surface area contributed by atoms with Crippen LogP contribution in [0.1, 0.15) is 36.7 Å². The Bertz CT molecular complexity index is 513. The van der Waals surface area contributed by atoms with Crippen molar-refractivity contribution < 1.29 is 24.6 Å². The van der Waals surface area contributed by atoms with Crippen molar-refractivity contribution in [1.29, 1.82) is 0 Å². The lowest BCUT2D eigenvalue weighted by atomic mass is 9.86. The molecule has 1 N–H and O–H groups in total. The first kappa shape index (κ1) is 15.7. The van der Waals surface area contributed by atoms with Crippen molar-refractivity contribution in [3.8, 4) is 0 Å². The fourth-order valence-electron chi connectivity index (χ4n) is 1.55. The first-order chi connectivity index (χ1) is 9.12. The fraction of sp³-hybridized carbons (Fsp3) is 0.357. The van der Waals surface area contributed by atoms with E-state index in [0.717, 1.165) is 5.56 Å². The zero-order valence-electron chi connectivity index (χ0n) is 11.4. The Balaban J connectivity index is 2.88. The molecule has 0 aliphatic carbocycles. The van der Waals surface area contributed by atoms with Crippen molar-refractivity contribution in [3.05, 3.63) is 35.4 Å². The quantitative estimate of drug-likeness (QED) is 0.679. The normalized spacial score (nSPS) is 11.2. The Morgan fingerprint density at radius 2 is 1.45 bits per heavy atom. The molecule has 0 bridgehead atoms. The first-order valence-electron chi connectivity index (χ1n) is 5.96. The highest BCUT2D eigenvalue weighted by Crippen LogP contribution is 2.22. The van der Waals surface area contributed by atoms with Crippen LogP contribution >= 0.6 is 0 Å². The lowest BCUT2D eigenvalue weighted by Crippen LogP contribution is -2.57. The average Bonchev–Trinajstić information content (AvgIpc) is 2.34. The van der Waals surface area contributed by atoms with Crippen LogP contribution in [-0.4, -0.2) is 23.9 Å². The van der Waals surface area contributed by atoms with Gasteiger partial charge in [-0.05, 0) is 23.1 Å². The van der Waals surface area contributed by atoms with Gasteiger partial charge in [-0.25, -0.2) is 0 Å². The van der Waals surface area contributed by atoms with Gasteiger partial charge in [-0.15, -0.1) is 0 Å². The molecule has 1 rings (SSSR count). The van der Waals surface area contributed by atoms with Gasteiger partial charge in [0, 0.05) is 5.56 Å². The van der Waals surface area contributed by atoms with Gasteiger partial charge >= 0.3 is 0 Å². The molecule has 0 aliphatic heterocycles. The molecule has 0 aliphatic rings. The molecular weight excluding hydrogens is 262 g/mol. The number of carboxylic acids is 2. The van der Waals surface area contributed by atoms with Crippen molar-refractivity contribution in [3.63, 3.8) is 0 Å². The van der Waals surface area contributed by atoms with Crippen LogP contribution in [0.2, 0.25) is 0 Å². The van der Waals surface area contributed by atoms with Crippen LogP contribution in [0.3, 0.4) is 0 Å². The summed E-state index contributed by atoms with van der Waals surface area (Å²) >= 11 is 0. The smallest absolute Gasteiger partial charge is 0.252 e. The van der Waals surface area contributed by atoms with E-state index in [9.17, 15) is 24.6 Å². The summed E-state index contributed by atoms with van der Waals surface area (Å²) in [6.45, 7) is 6.01. The molecule has 0 aromatic heterocycles. The number of benzene rings is 1. The number of hydrogen-bond acceptors (Lipinski definition) is 5. The van der Waals surface area contributed by atoms with Crippen molar-refractivity contribution >= 4 is 17.8 Å². The van der Waals surface area contributed by atoms with Crippen LogP contribution in [-0.2, 0) is 15.0 Å². The van der Waals surface area contributed by atoms with Gasteiger partial charge in [0.1, 0.15) is 6.04 Å². The third kappa shape index (κ3) is 3.81. The van der Waals surface area contributed by atoms with Gasteiger partial charge in [0.25, 0.3) is 5.91 Å². The van der Waals surface area contributed by atoms with Crippen LogP contribution < -0.4 is 15.5 Å². The summed E-state index contributed by atoms with van der Waals surface area (Å²) < 4.78 is 0. The molecule has 6 heteroatoms. The summed E-state index contributed by atoms with van der Waals surface area (Å²) in [5.41, 5.74) is 1.06. The third-order valence-corrected chi connectivity index (χ3v) is 2.76. The largest absolute Gasteiger partial charge is 0.547 e. The topological polar surface area (TPSA) is 109 Å². The molecule has 6 nitrogen and oxygen atoms in total. The number of hydrogen-bond donors (Lipinski definition) is 1. The third-order valence-electron chi connectivity index (χ3n) is 2.76. The van der Waals surface area contributed by atoms with Crippen LogP contribution in [0.15, 0.2) is 24.3 Å². The van der Waals surface area contributed by atoms with Gasteiger partial charge in [0.2, 0.25) is 0 Å².